The number of hydrogen-bond acceptors (Lipinski definition) is 3. The van der Waals surface area contributed by atoms with Crippen LogP contribution in [0.4, 0.5) is 11.4 Å². The largest absolute Gasteiger partial charge is 0.378 e. The van der Waals surface area contributed by atoms with Gasteiger partial charge in [-0.05, 0) is 24.5 Å². The zero-order valence-electron chi connectivity index (χ0n) is 14.0. The van der Waals surface area contributed by atoms with Gasteiger partial charge in [0.05, 0.1) is 24.6 Å². The van der Waals surface area contributed by atoms with Crippen LogP contribution >= 0.6 is 0 Å². The Bertz CT molecular complexity index is 535. The van der Waals surface area contributed by atoms with Crippen molar-refractivity contribution in [2.75, 3.05) is 44.8 Å². The SMILES string of the molecule is CC(C)C1CCN(C)/C1=N\c1ccccc1N1CCOCC1. The van der Waals surface area contributed by atoms with E-state index in [1.807, 2.05) is 0 Å². The van der Waals surface area contributed by atoms with E-state index in [0.29, 0.717) is 11.8 Å². The van der Waals surface area contributed by atoms with Crippen molar-refractivity contribution in [1.29, 1.82) is 0 Å². The first kappa shape index (κ1) is 15.3. The van der Waals surface area contributed by atoms with Gasteiger partial charge in [-0.15, -0.1) is 0 Å². The summed E-state index contributed by atoms with van der Waals surface area (Å²) in [5, 5.41) is 0. The van der Waals surface area contributed by atoms with Crippen LogP contribution in [0, 0.1) is 11.8 Å². The second kappa shape index (κ2) is 6.69. The molecule has 3 rings (SSSR count). The van der Waals surface area contributed by atoms with Crippen LogP contribution in [0.15, 0.2) is 29.3 Å². The van der Waals surface area contributed by atoms with Crippen molar-refractivity contribution in [3.63, 3.8) is 0 Å². The molecule has 0 aliphatic carbocycles. The molecular weight excluding hydrogens is 274 g/mol. The van der Waals surface area contributed by atoms with Crippen LogP contribution in [0.1, 0.15) is 20.3 Å². The summed E-state index contributed by atoms with van der Waals surface area (Å²) < 4.78 is 5.47. The third-order valence-electron chi connectivity index (χ3n) is 4.77. The van der Waals surface area contributed by atoms with Crippen LogP contribution in [0.5, 0.6) is 0 Å². The first-order valence-corrected chi connectivity index (χ1v) is 8.38. The number of morpholine rings is 1. The molecule has 1 aromatic rings. The van der Waals surface area contributed by atoms with Crippen molar-refractivity contribution in [2.45, 2.75) is 20.3 Å². The van der Waals surface area contributed by atoms with Gasteiger partial charge in [0.2, 0.25) is 0 Å². The Morgan fingerprint density at radius 3 is 2.59 bits per heavy atom. The summed E-state index contributed by atoms with van der Waals surface area (Å²) in [6.45, 7) is 9.22. The summed E-state index contributed by atoms with van der Waals surface area (Å²) in [6.07, 6.45) is 1.22. The number of amidine groups is 1. The zero-order chi connectivity index (χ0) is 15.5. The second-order valence-electron chi connectivity index (χ2n) is 6.62. The van der Waals surface area contributed by atoms with Gasteiger partial charge in [-0.25, -0.2) is 4.99 Å². The highest BCUT2D eigenvalue weighted by molar-refractivity contribution is 5.90. The molecule has 22 heavy (non-hydrogen) atoms. The fourth-order valence-electron chi connectivity index (χ4n) is 3.41. The minimum absolute atomic E-state index is 0.572. The monoisotopic (exact) mass is 301 g/mol. The van der Waals surface area contributed by atoms with Crippen LogP contribution in [-0.4, -0.2) is 50.6 Å². The van der Waals surface area contributed by atoms with Gasteiger partial charge in [0.15, 0.2) is 0 Å². The summed E-state index contributed by atoms with van der Waals surface area (Å²) in [6, 6.07) is 8.51. The van der Waals surface area contributed by atoms with Crippen molar-refractivity contribution in [2.24, 2.45) is 16.8 Å². The molecule has 2 aliphatic heterocycles. The zero-order valence-corrected chi connectivity index (χ0v) is 14.0. The van der Waals surface area contributed by atoms with Crippen LogP contribution in [0.2, 0.25) is 0 Å². The highest BCUT2D eigenvalue weighted by Crippen LogP contribution is 2.33. The summed E-state index contributed by atoms with van der Waals surface area (Å²) >= 11 is 0. The van der Waals surface area contributed by atoms with E-state index in [-0.39, 0.29) is 0 Å². The van der Waals surface area contributed by atoms with Crippen LogP contribution < -0.4 is 4.90 Å². The maximum atomic E-state index is 5.47. The van der Waals surface area contributed by atoms with Gasteiger partial charge in [-0.3, -0.25) is 0 Å². The predicted molar refractivity (Wildman–Crippen MR) is 92.1 cm³/mol. The van der Waals surface area contributed by atoms with Crippen molar-refractivity contribution in [3.8, 4) is 0 Å². The van der Waals surface area contributed by atoms with Crippen molar-refractivity contribution in [1.82, 2.24) is 4.90 Å². The molecule has 2 saturated heterocycles. The summed E-state index contributed by atoms with van der Waals surface area (Å²) in [5.74, 6) is 2.46. The van der Waals surface area contributed by atoms with E-state index in [4.69, 9.17) is 9.73 Å². The fourth-order valence-corrected chi connectivity index (χ4v) is 3.41. The Morgan fingerprint density at radius 1 is 1.14 bits per heavy atom. The molecule has 1 atom stereocenters. The van der Waals surface area contributed by atoms with E-state index < -0.39 is 0 Å². The van der Waals surface area contributed by atoms with Gasteiger partial charge >= 0.3 is 0 Å². The molecule has 2 fully saturated rings. The van der Waals surface area contributed by atoms with Crippen LogP contribution in [-0.2, 0) is 4.74 Å². The van der Waals surface area contributed by atoms with Gasteiger partial charge in [0.1, 0.15) is 5.84 Å². The van der Waals surface area contributed by atoms with Crippen molar-refractivity contribution in [3.05, 3.63) is 24.3 Å². The summed E-state index contributed by atoms with van der Waals surface area (Å²) in [4.78, 5) is 9.79. The fraction of sp³-hybridized carbons (Fsp3) is 0.611. The average Bonchev–Trinajstić information content (AvgIpc) is 2.90. The lowest BCUT2D eigenvalue weighted by molar-refractivity contribution is 0.123. The molecule has 0 radical (unpaired) electrons. The first-order valence-electron chi connectivity index (χ1n) is 8.38. The molecule has 1 aromatic carbocycles. The maximum Gasteiger partial charge on any atom is 0.108 e. The molecule has 0 N–H and O–H groups in total. The molecule has 2 aliphatic rings. The number of ether oxygens (including phenoxy) is 1. The lowest BCUT2D eigenvalue weighted by Gasteiger charge is -2.30. The number of benzene rings is 1. The third kappa shape index (κ3) is 3.12. The van der Waals surface area contributed by atoms with Crippen molar-refractivity contribution < 1.29 is 4.74 Å². The molecule has 0 aromatic heterocycles. The van der Waals surface area contributed by atoms with Gasteiger partial charge in [-0.2, -0.15) is 0 Å². The first-order chi connectivity index (χ1) is 10.7. The van der Waals surface area contributed by atoms with E-state index >= 15 is 0 Å². The molecule has 2 heterocycles. The number of anilines is 1. The molecule has 120 valence electrons. The van der Waals surface area contributed by atoms with E-state index in [2.05, 4.69) is 55.0 Å². The van der Waals surface area contributed by atoms with Gasteiger partial charge in [0.25, 0.3) is 0 Å². The standard InChI is InChI=1S/C18H27N3O/c1-14(2)15-8-9-20(3)18(15)19-16-6-4-5-7-17(16)21-10-12-22-13-11-21/h4-7,14-15H,8-13H2,1-3H3/b19-18-. The highest BCUT2D eigenvalue weighted by atomic mass is 16.5. The van der Waals surface area contributed by atoms with E-state index in [1.54, 1.807) is 0 Å². The average molecular weight is 301 g/mol. The number of aliphatic imine (C=N–C) groups is 1. The molecule has 4 heteroatoms. The van der Waals surface area contributed by atoms with Gasteiger partial charge < -0.3 is 14.5 Å². The molecule has 0 amide bonds. The molecule has 4 nitrogen and oxygen atoms in total. The Balaban J connectivity index is 1.92. The smallest absolute Gasteiger partial charge is 0.108 e. The topological polar surface area (TPSA) is 28.1 Å². The highest BCUT2D eigenvalue weighted by Gasteiger charge is 2.29. The minimum atomic E-state index is 0.572. The molecular formula is C18H27N3O. The molecule has 0 bridgehead atoms. The quantitative estimate of drug-likeness (QED) is 0.858. The van der Waals surface area contributed by atoms with E-state index in [9.17, 15) is 0 Å². The Labute approximate surface area is 133 Å². The Morgan fingerprint density at radius 2 is 1.86 bits per heavy atom. The summed E-state index contributed by atoms with van der Waals surface area (Å²) in [7, 11) is 2.17. The number of nitrogens with zero attached hydrogens (tertiary/aromatic N) is 3. The number of para-hydroxylation sites is 2. The molecule has 0 saturated carbocycles. The number of rotatable bonds is 3. The van der Waals surface area contributed by atoms with E-state index in [0.717, 1.165) is 38.5 Å². The normalized spacial score (nSPS) is 24.5. The van der Waals surface area contributed by atoms with Crippen LogP contribution in [0.3, 0.4) is 0 Å². The number of likely N-dealkylation sites (tertiary alicyclic amines) is 1. The second-order valence-corrected chi connectivity index (χ2v) is 6.62. The molecule has 1 unspecified atom stereocenters. The Kier molecular flexibility index (Phi) is 4.67. The Hall–Kier alpha value is -1.55. The number of hydrogen-bond donors (Lipinski definition) is 0. The van der Waals surface area contributed by atoms with E-state index in [1.165, 1.54) is 17.9 Å². The lowest BCUT2D eigenvalue weighted by Crippen LogP contribution is -2.36. The van der Waals surface area contributed by atoms with Gasteiger partial charge in [0, 0.05) is 32.6 Å². The van der Waals surface area contributed by atoms with Gasteiger partial charge in [-0.1, -0.05) is 26.0 Å². The predicted octanol–water partition coefficient (Wildman–Crippen LogP) is 3.16. The molecule has 0 spiro atoms. The van der Waals surface area contributed by atoms with Crippen molar-refractivity contribution >= 4 is 17.2 Å². The maximum absolute atomic E-state index is 5.47. The lowest BCUT2D eigenvalue weighted by atomic mass is 9.94. The minimum Gasteiger partial charge on any atom is -0.378 e. The summed E-state index contributed by atoms with van der Waals surface area (Å²) in [5.41, 5.74) is 2.33. The van der Waals surface area contributed by atoms with Crippen LogP contribution in [0.25, 0.3) is 0 Å². The third-order valence-corrected chi connectivity index (χ3v) is 4.77.